The number of carbonyl (C=O) groups is 1. The number of hydrogen-bond acceptors (Lipinski definition) is 3. The summed E-state index contributed by atoms with van der Waals surface area (Å²) >= 11 is 0. The van der Waals surface area contributed by atoms with Crippen LogP contribution in [0.25, 0.3) is 11.3 Å². The molecule has 0 saturated heterocycles. The topological polar surface area (TPSA) is 55.1 Å². The minimum absolute atomic E-state index is 0.0914. The van der Waals surface area contributed by atoms with Crippen LogP contribution in [0.3, 0.4) is 0 Å². The molecule has 0 aliphatic carbocycles. The first-order chi connectivity index (χ1) is 10.7. The van der Waals surface area contributed by atoms with Gasteiger partial charge in [-0.15, -0.1) is 0 Å². The highest BCUT2D eigenvalue weighted by atomic mass is 16.5. The lowest BCUT2D eigenvalue weighted by molar-refractivity contribution is 0.0921. The summed E-state index contributed by atoms with van der Waals surface area (Å²) < 4.78 is 5.33. The quantitative estimate of drug-likeness (QED) is 0.909. The highest BCUT2D eigenvalue weighted by Crippen LogP contribution is 2.26. The summed E-state index contributed by atoms with van der Waals surface area (Å²) in [5.74, 6) is 0.774. The van der Waals surface area contributed by atoms with Crippen LogP contribution in [-0.2, 0) is 5.41 Å². The van der Waals surface area contributed by atoms with Gasteiger partial charge in [-0.25, -0.2) is 0 Å². The monoisotopic (exact) mass is 314 g/mol. The summed E-state index contributed by atoms with van der Waals surface area (Å²) in [7, 11) is 0. The molecular formula is C19H26N2O2. The summed E-state index contributed by atoms with van der Waals surface area (Å²) in [6.07, 6.45) is 0. The second-order valence-corrected chi connectivity index (χ2v) is 7.41. The molecular weight excluding hydrogens is 288 g/mol. The summed E-state index contributed by atoms with van der Waals surface area (Å²) in [5, 5.41) is 6.82. The molecule has 1 heterocycles. The second-order valence-electron chi connectivity index (χ2n) is 7.41. The van der Waals surface area contributed by atoms with Crippen LogP contribution in [0, 0.1) is 5.92 Å². The molecule has 4 heteroatoms. The Morgan fingerprint density at radius 3 is 2.26 bits per heavy atom. The molecule has 23 heavy (non-hydrogen) atoms. The van der Waals surface area contributed by atoms with E-state index < -0.39 is 0 Å². The van der Waals surface area contributed by atoms with E-state index in [2.05, 4.69) is 57.2 Å². The van der Waals surface area contributed by atoms with E-state index in [9.17, 15) is 4.79 Å². The van der Waals surface area contributed by atoms with Gasteiger partial charge >= 0.3 is 0 Å². The number of rotatable bonds is 4. The molecule has 124 valence electrons. The molecule has 0 spiro atoms. The maximum atomic E-state index is 12.2. The summed E-state index contributed by atoms with van der Waals surface area (Å²) in [5.41, 5.74) is 2.59. The van der Waals surface area contributed by atoms with Crippen molar-refractivity contribution in [3.63, 3.8) is 0 Å². The smallest absolute Gasteiger partial charge is 0.273 e. The average Bonchev–Trinajstić information content (AvgIpc) is 2.96. The molecule has 1 aromatic heterocycles. The van der Waals surface area contributed by atoms with Crippen molar-refractivity contribution in [2.45, 2.75) is 53.0 Å². The number of aromatic nitrogens is 1. The fraction of sp³-hybridized carbons (Fsp3) is 0.474. The number of nitrogens with one attached hydrogen (secondary N) is 1. The predicted octanol–water partition coefficient (Wildman–Crippen LogP) is 4.41. The second kappa shape index (κ2) is 6.57. The van der Waals surface area contributed by atoms with Gasteiger partial charge in [0.25, 0.3) is 5.91 Å². The van der Waals surface area contributed by atoms with Crippen LogP contribution in [0.4, 0.5) is 0 Å². The zero-order valence-corrected chi connectivity index (χ0v) is 14.8. The Balaban J connectivity index is 2.14. The van der Waals surface area contributed by atoms with E-state index in [4.69, 9.17) is 4.52 Å². The van der Waals surface area contributed by atoms with Crippen LogP contribution in [0.5, 0.6) is 0 Å². The van der Waals surface area contributed by atoms with Gasteiger partial charge in [-0.1, -0.05) is 64.0 Å². The van der Waals surface area contributed by atoms with Gasteiger partial charge in [0.2, 0.25) is 0 Å². The highest BCUT2D eigenvalue weighted by molar-refractivity contribution is 5.93. The van der Waals surface area contributed by atoms with Crippen LogP contribution in [0.15, 0.2) is 34.9 Å². The van der Waals surface area contributed by atoms with Gasteiger partial charge in [-0.3, -0.25) is 4.79 Å². The van der Waals surface area contributed by atoms with E-state index in [1.54, 1.807) is 6.07 Å². The molecule has 1 aromatic carbocycles. The Morgan fingerprint density at radius 2 is 1.74 bits per heavy atom. The molecule has 0 saturated carbocycles. The van der Waals surface area contributed by atoms with E-state index in [0.29, 0.717) is 17.4 Å². The fourth-order valence-corrected chi connectivity index (χ4v) is 2.10. The Kier molecular flexibility index (Phi) is 4.93. The predicted molar refractivity (Wildman–Crippen MR) is 92.4 cm³/mol. The molecule has 0 unspecified atom stereocenters. The number of hydrogen-bond donors (Lipinski definition) is 1. The van der Waals surface area contributed by atoms with Crippen LogP contribution < -0.4 is 5.32 Å². The van der Waals surface area contributed by atoms with Gasteiger partial charge in [-0.05, 0) is 23.8 Å². The molecule has 1 atom stereocenters. The van der Waals surface area contributed by atoms with Crippen molar-refractivity contribution < 1.29 is 9.32 Å². The Hall–Kier alpha value is -2.10. The molecule has 4 nitrogen and oxygen atoms in total. The van der Waals surface area contributed by atoms with Gasteiger partial charge in [0.1, 0.15) is 0 Å². The van der Waals surface area contributed by atoms with E-state index in [1.165, 1.54) is 5.56 Å². The van der Waals surface area contributed by atoms with Crippen molar-refractivity contribution in [3.8, 4) is 11.3 Å². The Labute approximate surface area is 138 Å². The maximum Gasteiger partial charge on any atom is 0.273 e. The third-order valence-corrected chi connectivity index (χ3v) is 4.14. The van der Waals surface area contributed by atoms with Crippen molar-refractivity contribution in [2.75, 3.05) is 0 Å². The minimum atomic E-state index is -0.201. The number of carbonyl (C=O) groups excluding carboxylic acids is 1. The zero-order valence-electron chi connectivity index (χ0n) is 14.8. The van der Waals surface area contributed by atoms with Crippen LogP contribution in [-0.4, -0.2) is 17.1 Å². The molecule has 0 radical (unpaired) electrons. The van der Waals surface area contributed by atoms with Gasteiger partial charge in [0, 0.05) is 17.7 Å². The summed E-state index contributed by atoms with van der Waals surface area (Å²) in [6, 6.07) is 9.94. The zero-order chi connectivity index (χ0) is 17.2. The van der Waals surface area contributed by atoms with Crippen LogP contribution >= 0.6 is 0 Å². The highest BCUT2D eigenvalue weighted by Gasteiger charge is 2.18. The number of amides is 1. The maximum absolute atomic E-state index is 12.2. The first kappa shape index (κ1) is 17.3. The van der Waals surface area contributed by atoms with Gasteiger partial charge in [-0.2, -0.15) is 0 Å². The third-order valence-electron chi connectivity index (χ3n) is 4.14. The van der Waals surface area contributed by atoms with Crippen LogP contribution in [0.2, 0.25) is 0 Å². The summed E-state index contributed by atoms with van der Waals surface area (Å²) in [6.45, 7) is 12.6. The standard InChI is InChI=1S/C19H26N2O2/c1-12(2)13(3)20-18(22)16-11-17(23-21-16)14-7-9-15(10-8-14)19(4,5)6/h7-13H,1-6H3,(H,20,22)/t13-/m1/s1. The van der Waals surface area contributed by atoms with E-state index in [0.717, 1.165) is 5.56 Å². The third kappa shape index (κ3) is 4.21. The van der Waals surface area contributed by atoms with E-state index in [1.807, 2.05) is 19.1 Å². The Bertz CT molecular complexity index is 663. The Morgan fingerprint density at radius 1 is 1.13 bits per heavy atom. The molecule has 0 aliphatic rings. The molecule has 1 N–H and O–H groups in total. The van der Waals surface area contributed by atoms with Crippen LogP contribution in [0.1, 0.15) is 57.6 Å². The lowest BCUT2D eigenvalue weighted by atomic mass is 9.86. The van der Waals surface area contributed by atoms with Gasteiger partial charge < -0.3 is 9.84 Å². The molecule has 0 aliphatic heterocycles. The van der Waals surface area contributed by atoms with Crippen molar-refractivity contribution in [1.82, 2.24) is 10.5 Å². The number of nitrogens with zero attached hydrogens (tertiary/aromatic N) is 1. The largest absolute Gasteiger partial charge is 0.355 e. The van der Waals surface area contributed by atoms with Crippen molar-refractivity contribution in [2.24, 2.45) is 5.92 Å². The first-order valence-electron chi connectivity index (χ1n) is 8.07. The molecule has 2 rings (SSSR count). The molecule has 2 aromatic rings. The molecule has 0 bridgehead atoms. The van der Waals surface area contributed by atoms with Gasteiger partial charge in [0.05, 0.1) is 0 Å². The fourth-order valence-electron chi connectivity index (χ4n) is 2.10. The lowest BCUT2D eigenvalue weighted by Crippen LogP contribution is -2.36. The van der Waals surface area contributed by atoms with E-state index in [-0.39, 0.29) is 17.4 Å². The summed E-state index contributed by atoms with van der Waals surface area (Å²) in [4.78, 5) is 12.2. The minimum Gasteiger partial charge on any atom is -0.355 e. The molecule has 0 fully saturated rings. The van der Waals surface area contributed by atoms with Gasteiger partial charge in [0.15, 0.2) is 11.5 Å². The normalized spacial score (nSPS) is 13.2. The average molecular weight is 314 g/mol. The van der Waals surface area contributed by atoms with E-state index >= 15 is 0 Å². The van der Waals surface area contributed by atoms with Crippen molar-refractivity contribution in [1.29, 1.82) is 0 Å². The first-order valence-corrected chi connectivity index (χ1v) is 8.07. The van der Waals surface area contributed by atoms with Crippen molar-refractivity contribution >= 4 is 5.91 Å². The number of benzene rings is 1. The lowest BCUT2D eigenvalue weighted by Gasteiger charge is -2.18. The van der Waals surface area contributed by atoms with Crippen molar-refractivity contribution in [3.05, 3.63) is 41.6 Å². The SMILES string of the molecule is CC(C)[C@@H](C)NC(=O)c1cc(-c2ccc(C(C)(C)C)cc2)on1. The molecule has 1 amide bonds.